The van der Waals surface area contributed by atoms with Crippen LogP contribution in [0.2, 0.25) is 0 Å². The zero-order valence-electron chi connectivity index (χ0n) is 15.3. The van der Waals surface area contributed by atoms with E-state index in [9.17, 15) is 14.0 Å². The van der Waals surface area contributed by atoms with Crippen molar-refractivity contribution in [1.82, 2.24) is 4.98 Å². The lowest BCUT2D eigenvalue weighted by Gasteiger charge is -2.32. The number of Topliss-reactive ketones (excluding diaryl/α,β-unsaturated/α-hetero) is 1. The summed E-state index contributed by atoms with van der Waals surface area (Å²) in [6.07, 6.45) is 1.36. The summed E-state index contributed by atoms with van der Waals surface area (Å²) in [5.41, 5.74) is 0.808. The number of anilines is 1. The van der Waals surface area contributed by atoms with Crippen molar-refractivity contribution in [3.63, 3.8) is 0 Å². The number of pyridine rings is 1. The molecule has 0 bridgehead atoms. The highest BCUT2D eigenvalue weighted by molar-refractivity contribution is 5.98. The van der Waals surface area contributed by atoms with E-state index in [2.05, 4.69) is 9.88 Å². The molecular weight excluding hydrogens is 351 g/mol. The molecule has 0 radical (unpaired) electrons. The van der Waals surface area contributed by atoms with Crippen LogP contribution in [0.5, 0.6) is 5.88 Å². The van der Waals surface area contributed by atoms with Crippen LogP contribution in [-0.2, 0) is 4.74 Å². The number of benzene rings is 1. The van der Waals surface area contributed by atoms with Crippen LogP contribution in [0.15, 0.2) is 36.4 Å². The van der Waals surface area contributed by atoms with E-state index in [0.29, 0.717) is 37.3 Å². The summed E-state index contributed by atoms with van der Waals surface area (Å²) in [6, 6.07) is 9.05. The number of hydrogen-bond acceptors (Lipinski definition) is 6. The van der Waals surface area contributed by atoms with Crippen LogP contribution in [0.25, 0.3) is 0 Å². The third-order valence-corrected chi connectivity index (χ3v) is 4.76. The van der Waals surface area contributed by atoms with Crippen molar-refractivity contribution in [2.45, 2.75) is 12.8 Å². The van der Waals surface area contributed by atoms with Gasteiger partial charge in [-0.15, -0.1) is 0 Å². The predicted molar refractivity (Wildman–Crippen MR) is 97.8 cm³/mol. The summed E-state index contributed by atoms with van der Waals surface area (Å²) < 4.78 is 23.0. The number of halogens is 1. The second-order valence-corrected chi connectivity index (χ2v) is 6.35. The molecule has 1 saturated heterocycles. The van der Waals surface area contributed by atoms with Crippen LogP contribution >= 0.6 is 0 Å². The van der Waals surface area contributed by atoms with Crippen LogP contribution in [0.4, 0.5) is 10.2 Å². The molecule has 7 heteroatoms. The van der Waals surface area contributed by atoms with E-state index in [4.69, 9.17) is 9.47 Å². The van der Waals surface area contributed by atoms with Crippen LogP contribution in [-0.4, -0.2) is 44.0 Å². The molecule has 0 unspecified atom stereocenters. The number of rotatable bonds is 5. The molecule has 0 saturated carbocycles. The van der Waals surface area contributed by atoms with Crippen molar-refractivity contribution in [2.24, 2.45) is 5.92 Å². The number of esters is 1. The summed E-state index contributed by atoms with van der Waals surface area (Å²) in [6.45, 7) is 1.32. The van der Waals surface area contributed by atoms with Crippen molar-refractivity contribution in [1.29, 1.82) is 0 Å². The monoisotopic (exact) mass is 372 g/mol. The molecule has 0 amide bonds. The van der Waals surface area contributed by atoms with E-state index < -0.39 is 5.97 Å². The minimum atomic E-state index is -0.505. The maximum Gasteiger partial charge on any atom is 0.343 e. The Balaban J connectivity index is 1.67. The largest absolute Gasteiger partial charge is 0.480 e. The van der Waals surface area contributed by atoms with E-state index in [1.165, 1.54) is 38.5 Å². The molecule has 0 aliphatic carbocycles. The molecular formula is C20H21FN2O4. The first-order chi connectivity index (χ1) is 13.0. The minimum Gasteiger partial charge on any atom is -0.480 e. The average Bonchev–Trinajstić information content (AvgIpc) is 2.73. The number of methoxy groups -OCH3 is 2. The quantitative estimate of drug-likeness (QED) is 0.593. The van der Waals surface area contributed by atoms with E-state index >= 15 is 0 Å². The van der Waals surface area contributed by atoms with Gasteiger partial charge >= 0.3 is 5.97 Å². The highest BCUT2D eigenvalue weighted by Crippen LogP contribution is 2.27. The molecule has 0 spiro atoms. The number of aromatic nitrogens is 1. The molecule has 142 valence electrons. The van der Waals surface area contributed by atoms with E-state index in [1.54, 1.807) is 12.1 Å². The maximum absolute atomic E-state index is 13.0. The zero-order valence-corrected chi connectivity index (χ0v) is 15.3. The molecule has 1 aliphatic rings. The zero-order chi connectivity index (χ0) is 19.4. The number of nitrogens with zero attached hydrogens (tertiary/aromatic N) is 2. The van der Waals surface area contributed by atoms with Gasteiger partial charge in [-0.05, 0) is 49.2 Å². The average molecular weight is 372 g/mol. The molecule has 27 heavy (non-hydrogen) atoms. The van der Waals surface area contributed by atoms with E-state index in [0.717, 1.165) is 0 Å². The van der Waals surface area contributed by atoms with Gasteiger partial charge in [0.15, 0.2) is 5.78 Å². The SMILES string of the molecule is COC(=O)c1ccc(N2CCC(C(=O)c3ccc(F)cc3)CC2)nc1OC. The summed E-state index contributed by atoms with van der Waals surface area (Å²) in [5.74, 6) is -0.00785. The van der Waals surface area contributed by atoms with Gasteiger partial charge in [0.05, 0.1) is 14.2 Å². The molecule has 1 aliphatic heterocycles. The number of hydrogen-bond donors (Lipinski definition) is 0. The van der Waals surface area contributed by atoms with Crippen molar-refractivity contribution in [3.05, 3.63) is 53.3 Å². The lowest BCUT2D eigenvalue weighted by atomic mass is 9.89. The second kappa shape index (κ2) is 8.16. The Morgan fingerprint density at radius 2 is 1.74 bits per heavy atom. The first-order valence-corrected chi connectivity index (χ1v) is 8.71. The predicted octanol–water partition coefficient (Wildman–Crippen LogP) is 3.12. The van der Waals surface area contributed by atoms with Gasteiger partial charge in [-0.2, -0.15) is 4.98 Å². The highest BCUT2D eigenvalue weighted by atomic mass is 19.1. The Hall–Kier alpha value is -2.96. The molecule has 1 fully saturated rings. The Morgan fingerprint density at radius 1 is 1.07 bits per heavy atom. The third kappa shape index (κ3) is 4.07. The number of ether oxygens (including phenoxy) is 2. The van der Waals surface area contributed by atoms with Crippen molar-refractivity contribution >= 4 is 17.6 Å². The topological polar surface area (TPSA) is 68.7 Å². The van der Waals surface area contributed by atoms with Crippen LogP contribution in [0.1, 0.15) is 33.6 Å². The minimum absolute atomic E-state index is 0.0428. The van der Waals surface area contributed by atoms with Crippen LogP contribution in [0.3, 0.4) is 0 Å². The van der Waals surface area contributed by atoms with Gasteiger partial charge in [-0.25, -0.2) is 9.18 Å². The Labute approximate surface area is 156 Å². The normalized spacial score (nSPS) is 14.7. The highest BCUT2D eigenvalue weighted by Gasteiger charge is 2.27. The second-order valence-electron chi connectivity index (χ2n) is 6.35. The Bertz CT molecular complexity index is 830. The van der Waals surface area contributed by atoms with E-state index in [1.807, 2.05) is 0 Å². The summed E-state index contributed by atoms with van der Waals surface area (Å²) in [4.78, 5) is 30.8. The first kappa shape index (κ1) is 18.8. The molecule has 1 aromatic heterocycles. The van der Waals surface area contributed by atoms with Crippen LogP contribution < -0.4 is 9.64 Å². The maximum atomic E-state index is 13.0. The number of piperidine rings is 1. The fraction of sp³-hybridized carbons (Fsp3) is 0.350. The van der Waals surface area contributed by atoms with Gasteiger partial charge < -0.3 is 14.4 Å². The fourth-order valence-electron chi connectivity index (χ4n) is 3.25. The van der Waals surface area contributed by atoms with Crippen LogP contribution in [0, 0.1) is 11.7 Å². The lowest BCUT2D eigenvalue weighted by Crippen LogP contribution is -2.37. The molecule has 6 nitrogen and oxygen atoms in total. The summed E-state index contributed by atoms with van der Waals surface area (Å²) in [5, 5.41) is 0. The molecule has 0 N–H and O–H groups in total. The van der Waals surface area contributed by atoms with Crippen molar-refractivity contribution in [3.8, 4) is 5.88 Å². The summed E-state index contributed by atoms with van der Waals surface area (Å²) >= 11 is 0. The Kier molecular flexibility index (Phi) is 5.69. The lowest BCUT2D eigenvalue weighted by molar-refractivity contribution is 0.0596. The number of carbonyl (C=O) groups is 2. The Morgan fingerprint density at radius 3 is 2.33 bits per heavy atom. The van der Waals surface area contributed by atoms with E-state index in [-0.39, 0.29) is 29.0 Å². The summed E-state index contributed by atoms with van der Waals surface area (Å²) in [7, 11) is 2.75. The molecule has 0 atom stereocenters. The van der Waals surface area contributed by atoms with Gasteiger partial charge in [0, 0.05) is 24.6 Å². The van der Waals surface area contributed by atoms with Gasteiger partial charge in [0.25, 0.3) is 0 Å². The molecule has 3 rings (SSSR count). The molecule has 1 aromatic carbocycles. The van der Waals surface area contributed by atoms with Gasteiger partial charge in [-0.1, -0.05) is 0 Å². The smallest absolute Gasteiger partial charge is 0.343 e. The fourth-order valence-corrected chi connectivity index (χ4v) is 3.25. The standard InChI is InChI=1S/C20H21FN2O4/c1-26-19-16(20(25)27-2)7-8-17(22-19)23-11-9-14(10-12-23)18(24)13-3-5-15(21)6-4-13/h3-8,14H,9-12H2,1-2H3. The van der Waals surface area contributed by atoms with Crippen molar-refractivity contribution in [2.75, 3.05) is 32.2 Å². The molecule has 2 aromatic rings. The first-order valence-electron chi connectivity index (χ1n) is 8.71. The number of carbonyl (C=O) groups excluding carboxylic acids is 2. The van der Waals surface area contributed by atoms with Gasteiger partial charge in [-0.3, -0.25) is 4.79 Å². The number of ketones is 1. The van der Waals surface area contributed by atoms with Gasteiger partial charge in [0.2, 0.25) is 5.88 Å². The van der Waals surface area contributed by atoms with Crippen molar-refractivity contribution < 1.29 is 23.5 Å². The third-order valence-electron chi connectivity index (χ3n) is 4.76. The molecule has 2 heterocycles. The van der Waals surface area contributed by atoms with Gasteiger partial charge in [0.1, 0.15) is 17.2 Å².